The van der Waals surface area contributed by atoms with Crippen molar-refractivity contribution in [1.82, 2.24) is 10.3 Å². The Hall–Kier alpha value is -4.71. The highest BCUT2D eigenvalue weighted by molar-refractivity contribution is 7.91. The van der Waals surface area contributed by atoms with Crippen LogP contribution < -0.4 is 26.4 Å². The number of fused-ring (bicyclic) bond motifs is 1. The van der Waals surface area contributed by atoms with Crippen molar-refractivity contribution in [2.75, 3.05) is 28.7 Å². The molecule has 12 heteroatoms. The maximum atomic E-state index is 15.2. The minimum Gasteiger partial charge on any atom is -0.494 e. The van der Waals surface area contributed by atoms with Crippen LogP contribution in [-0.4, -0.2) is 37.6 Å². The Morgan fingerprint density at radius 1 is 1.02 bits per heavy atom. The first-order valence-electron chi connectivity index (χ1n) is 13.3. The molecule has 42 heavy (non-hydrogen) atoms. The first-order valence-corrected chi connectivity index (χ1v) is 14.9. The summed E-state index contributed by atoms with van der Waals surface area (Å²) >= 11 is 0. The maximum Gasteiger partial charge on any atom is 0.247 e. The summed E-state index contributed by atoms with van der Waals surface area (Å²) < 4.78 is 46.3. The number of carbonyl (C=O) groups excluding carboxylic acids is 2. The van der Waals surface area contributed by atoms with Crippen LogP contribution in [0.3, 0.4) is 0 Å². The number of anilines is 3. The van der Waals surface area contributed by atoms with E-state index in [0.29, 0.717) is 29.5 Å². The lowest BCUT2D eigenvalue weighted by Crippen LogP contribution is -2.34. The van der Waals surface area contributed by atoms with E-state index in [1.807, 2.05) is 0 Å². The molecule has 0 radical (unpaired) electrons. The molecular weight excluding hydrogens is 561 g/mol. The Morgan fingerprint density at radius 3 is 2.50 bits per heavy atom. The second-order valence-corrected chi connectivity index (χ2v) is 11.7. The molecule has 0 fully saturated rings. The molecule has 0 saturated heterocycles. The average Bonchev–Trinajstić information content (AvgIpc) is 2.95. The Balaban J connectivity index is 1.71. The van der Waals surface area contributed by atoms with Crippen LogP contribution >= 0.6 is 0 Å². The van der Waals surface area contributed by atoms with E-state index in [2.05, 4.69) is 20.9 Å². The average molecular weight is 594 g/mol. The molecule has 220 valence electrons. The van der Waals surface area contributed by atoms with Crippen LogP contribution in [0.4, 0.5) is 21.6 Å². The number of carbonyl (C=O) groups is 2. The van der Waals surface area contributed by atoms with E-state index < -0.39 is 27.6 Å². The number of hydrogen-bond donors (Lipinski definition) is 4. The first kappa shape index (κ1) is 30.3. The Bertz CT molecular complexity index is 1750. The molecule has 5 N–H and O–H groups in total. The van der Waals surface area contributed by atoms with Crippen molar-refractivity contribution in [2.45, 2.75) is 38.3 Å². The third-order valence-corrected chi connectivity index (χ3v) is 8.34. The van der Waals surface area contributed by atoms with Gasteiger partial charge in [0.1, 0.15) is 23.4 Å². The molecule has 4 rings (SSSR count). The molecule has 0 aliphatic rings. The molecule has 0 spiro atoms. The number of benzene rings is 3. The molecule has 0 bridgehead atoms. The van der Waals surface area contributed by atoms with Crippen molar-refractivity contribution < 1.29 is 27.1 Å². The number of aromatic nitrogens is 1. The molecule has 0 aliphatic heterocycles. The molecule has 0 aliphatic carbocycles. The summed E-state index contributed by atoms with van der Waals surface area (Å²) in [5.41, 5.74) is 7.15. The van der Waals surface area contributed by atoms with Crippen LogP contribution in [-0.2, 0) is 26.0 Å². The molecule has 0 saturated carbocycles. The number of amides is 2. The third-order valence-electron chi connectivity index (χ3n) is 6.51. The molecule has 1 heterocycles. The predicted octanol–water partition coefficient (Wildman–Crippen LogP) is 4.58. The van der Waals surface area contributed by atoms with Gasteiger partial charge in [-0.15, -0.1) is 0 Å². The second kappa shape index (κ2) is 12.9. The molecule has 1 aromatic heterocycles. The molecule has 3 aromatic carbocycles. The van der Waals surface area contributed by atoms with Crippen LogP contribution in [0.25, 0.3) is 10.8 Å². The topological polar surface area (TPSA) is 153 Å². The van der Waals surface area contributed by atoms with E-state index in [-0.39, 0.29) is 34.2 Å². The highest BCUT2D eigenvalue weighted by atomic mass is 32.2. The number of halogens is 1. The van der Waals surface area contributed by atoms with Gasteiger partial charge in [-0.25, -0.2) is 17.8 Å². The molecular formula is C30H32FN5O5S. The van der Waals surface area contributed by atoms with Crippen molar-refractivity contribution in [2.24, 2.45) is 0 Å². The van der Waals surface area contributed by atoms with Gasteiger partial charge in [-0.1, -0.05) is 6.92 Å². The molecule has 1 unspecified atom stereocenters. The quantitative estimate of drug-likeness (QED) is 0.197. The lowest BCUT2D eigenvalue weighted by Gasteiger charge is -2.22. The lowest BCUT2D eigenvalue weighted by atomic mass is 10.0. The molecule has 2 amide bonds. The summed E-state index contributed by atoms with van der Waals surface area (Å²) in [5.74, 6) is -1.02. The normalized spacial score (nSPS) is 12.0. The van der Waals surface area contributed by atoms with Gasteiger partial charge in [0, 0.05) is 42.0 Å². The van der Waals surface area contributed by atoms with Gasteiger partial charge in [0.2, 0.25) is 11.8 Å². The lowest BCUT2D eigenvalue weighted by molar-refractivity contribution is -0.122. The zero-order valence-corrected chi connectivity index (χ0v) is 24.2. The summed E-state index contributed by atoms with van der Waals surface area (Å²) in [6.07, 6.45) is 1.56. The largest absolute Gasteiger partial charge is 0.494 e. The van der Waals surface area contributed by atoms with Crippen LogP contribution in [0.2, 0.25) is 0 Å². The fraction of sp³-hybridized carbons (Fsp3) is 0.233. The van der Waals surface area contributed by atoms with E-state index in [1.54, 1.807) is 37.4 Å². The Labute approximate surface area is 243 Å². The Morgan fingerprint density at radius 2 is 1.79 bits per heavy atom. The van der Waals surface area contributed by atoms with Crippen molar-refractivity contribution in [3.8, 4) is 5.75 Å². The van der Waals surface area contributed by atoms with Gasteiger partial charge in [-0.05, 0) is 78.5 Å². The number of pyridine rings is 1. The monoisotopic (exact) mass is 593 g/mol. The minimum atomic E-state index is -3.66. The number of ether oxygens (including phenoxy) is 1. The first-order chi connectivity index (χ1) is 20.0. The number of hydrogen-bond acceptors (Lipinski definition) is 8. The van der Waals surface area contributed by atoms with Gasteiger partial charge in [-0.2, -0.15) is 0 Å². The van der Waals surface area contributed by atoms with Crippen LogP contribution in [0.15, 0.2) is 71.8 Å². The van der Waals surface area contributed by atoms with Gasteiger partial charge >= 0.3 is 0 Å². The Kier molecular flexibility index (Phi) is 9.26. The van der Waals surface area contributed by atoms with E-state index in [1.165, 1.54) is 50.2 Å². The van der Waals surface area contributed by atoms with Crippen molar-refractivity contribution in [3.63, 3.8) is 0 Å². The zero-order chi connectivity index (χ0) is 30.4. The van der Waals surface area contributed by atoms with E-state index in [9.17, 15) is 18.0 Å². The molecule has 1 atom stereocenters. The number of nitrogens with one attached hydrogen (secondary N) is 3. The van der Waals surface area contributed by atoms with Gasteiger partial charge in [0.05, 0.1) is 17.3 Å². The van der Waals surface area contributed by atoms with Gasteiger partial charge in [0.25, 0.3) is 0 Å². The fourth-order valence-electron chi connectivity index (χ4n) is 4.48. The number of sulfone groups is 1. The predicted molar refractivity (Wildman–Crippen MR) is 160 cm³/mol. The zero-order valence-electron chi connectivity index (χ0n) is 23.4. The SMILES string of the molecule is CCOc1ccc(F)c(C(Nc2ccc3c(N)nccc3c2)C(=O)NCc2cc(NC(C)=O)ccc2S(=O)(=O)CC)c1. The summed E-state index contributed by atoms with van der Waals surface area (Å²) in [5, 5.41) is 9.95. The summed E-state index contributed by atoms with van der Waals surface area (Å²) in [7, 11) is -3.66. The van der Waals surface area contributed by atoms with Crippen molar-refractivity contribution in [1.29, 1.82) is 0 Å². The van der Waals surface area contributed by atoms with Gasteiger partial charge < -0.3 is 26.4 Å². The van der Waals surface area contributed by atoms with E-state index >= 15 is 4.39 Å². The summed E-state index contributed by atoms with van der Waals surface area (Å²) in [6, 6.07) is 14.3. The molecule has 4 aromatic rings. The number of rotatable bonds is 11. The number of nitrogen functional groups attached to an aromatic ring is 1. The summed E-state index contributed by atoms with van der Waals surface area (Å²) in [4.78, 5) is 29.4. The standard InChI is InChI=1S/C30H32FN5O5S/c1-4-41-23-8-10-26(31)25(16-23)28(36-22-6-9-24-19(14-22)12-13-33-29(24)32)30(38)34-17-20-15-21(35-18(3)37)7-11-27(20)42(39,40)5-2/h6-16,28,36H,4-5,17H2,1-3H3,(H2,32,33)(H,34,38)(H,35,37). The molecule has 10 nitrogen and oxygen atoms in total. The smallest absolute Gasteiger partial charge is 0.247 e. The number of nitrogens with two attached hydrogens (primary N) is 1. The minimum absolute atomic E-state index is 0.0224. The fourth-order valence-corrected chi connectivity index (χ4v) is 5.60. The van der Waals surface area contributed by atoms with E-state index in [0.717, 1.165) is 10.8 Å². The number of nitrogens with zero attached hydrogens (tertiary/aromatic N) is 1. The third kappa shape index (κ3) is 6.95. The highest BCUT2D eigenvalue weighted by Gasteiger charge is 2.26. The summed E-state index contributed by atoms with van der Waals surface area (Å²) in [6.45, 7) is 4.77. The van der Waals surface area contributed by atoms with Gasteiger partial charge in [-0.3, -0.25) is 9.59 Å². The highest BCUT2D eigenvalue weighted by Crippen LogP contribution is 2.30. The van der Waals surface area contributed by atoms with E-state index in [4.69, 9.17) is 10.5 Å². The van der Waals surface area contributed by atoms with Crippen LogP contribution in [0, 0.1) is 5.82 Å². The second-order valence-electron chi connectivity index (χ2n) is 9.45. The van der Waals surface area contributed by atoms with Crippen LogP contribution in [0.1, 0.15) is 37.9 Å². The van der Waals surface area contributed by atoms with Crippen molar-refractivity contribution >= 4 is 49.6 Å². The maximum absolute atomic E-state index is 15.2. The van der Waals surface area contributed by atoms with Crippen molar-refractivity contribution in [3.05, 3.63) is 83.8 Å². The van der Waals surface area contributed by atoms with Gasteiger partial charge in [0.15, 0.2) is 9.84 Å². The van der Waals surface area contributed by atoms with Crippen LogP contribution in [0.5, 0.6) is 5.75 Å².